The van der Waals surface area contributed by atoms with Gasteiger partial charge >= 0.3 is 0 Å². The normalized spacial score (nSPS) is 19.4. The standard InChI is InChI=1S/C17H21NO2.ClH/c1-12-4-2-3-7-18(12)11-13-5-6-14-9-16(19)17(20)10-15(14)8-13;/h5-6,8-10,12,19-20H,2-4,7,11H2,1H3;1H. The molecule has 0 radical (unpaired) electrons. The van der Waals surface area contributed by atoms with Crippen molar-refractivity contribution in [3.05, 3.63) is 35.9 Å². The first-order chi connectivity index (χ1) is 9.63. The SMILES string of the molecule is CC1CCCCN1Cc1ccc2cc(O)c(O)cc2c1.Cl. The molecular formula is C17H22ClNO2. The third-order valence-electron chi connectivity index (χ3n) is 4.32. The molecule has 3 nitrogen and oxygen atoms in total. The lowest BCUT2D eigenvalue weighted by molar-refractivity contribution is 0.152. The van der Waals surface area contributed by atoms with Gasteiger partial charge in [0.15, 0.2) is 11.5 Å². The molecule has 114 valence electrons. The first-order valence-electron chi connectivity index (χ1n) is 7.32. The van der Waals surface area contributed by atoms with Gasteiger partial charge in [0.05, 0.1) is 0 Å². The Hall–Kier alpha value is -1.45. The minimum absolute atomic E-state index is 0. The van der Waals surface area contributed by atoms with Crippen LogP contribution in [0.5, 0.6) is 11.5 Å². The van der Waals surface area contributed by atoms with Crippen molar-refractivity contribution in [3.8, 4) is 11.5 Å². The summed E-state index contributed by atoms with van der Waals surface area (Å²) in [4.78, 5) is 2.52. The third kappa shape index (κ3) is 3.42. The minimum Gasteiger partial charge on any atom is -0.504 e. The second-order valence-corrected chi connectivity index (χ2v) is 5.84. The second kappa shape index (κ2) is 6.54. The number of hydrogen-bond donors (Lipinski definition) is 2. The summed E-state index contributed by atoms with van der Waals surface area (Å²) < 4.78 is 0. The molecular weight excluding hydrogens is 286 g/mol. The Balaban J connectivity index is 0.00000161. The number of fused-ring (bicyclic) bond motifs is 1. The van der Waals surface area contributed by atoms with Crippen LogP contribution >= 0.6 is 12.4 Å². The fraction of sp³-hybridized carbons (Fsp3) is 0.412. The molecule has 0 bridgehead atoms. The van der Waals surface area contributed by atoms with Gasteiger partial charge < -0.3 is 10.2 Å². The monoisotopic (exact) mass is 307 g/mol. The van der Waals surface area contributed by atoms with Crippen LogP contribution in [0.15, 0.2) is 30.3 Å². The highest BCUT2D eigenvalue weighted by atomic mass is 35.5. The summed E-state index contributed by atoms with van der Waals surface area (Å²) in [6.07, 6.45) is 3.90. The Kier molecular flexibility index (Phi) is 4.96. The molecule has 3 rings (SSSR count). The summed E-state index contributed by atoms with van der Waals surface area (Å²) in [5, 5.41) is 21.1. The van der Waals surface area contributed by atoms with Gasteiger partial charge in [-0.15, -0.1) is 12.4 Å². The molecule has 0 amide bonds. The molecule has 0 saturated carbocycles. The number of benzene rings is 2. The van der Waals surface area contributed by atoms with Gasteiger partial charge in [0, 0.05) is 12.6 Å². The van der Waals surface area contributed by atoms with E-state index in [0.717, 1.165) is 17.3 Å². The van der Waals surface area contributed by atoms with E-state index < -0.39 is 0 Å². The number of phenols is 2. The minimum atomic E-state index is -0.0603. The maximum Gasteiger partial charge on any atom is 0.158 e. The van der Waals surface area contributed by atoms with Gasteiger partial charge in [0.1, 0.15) is 0 Å². The Morgan fingerprint density at radius 1 is 1.05 bits per heavy atom. The van der Waals surface area contributed by atoms with Crippen LogP contribution in [-0.2, 0) is 6.54 Å². The molecule has 1 aliphatic rings. The lowest BCUT2D eigenvalue weighted by Crippen LogP contribution is -2.36. The van der Waals surface area contributed by atoms with E-state index in [1.807, 2.05) is 6.07 Å². The molecule has 1 aliphatic heterocycles. The Bertz CT molecular complexity index is 629. The molecule has 2 aromatic carbocycles. The molecule has 0 spiro atoms. The van der Waals surface area contributed by atoms with Gasteiger partial charge in [-0.1, -0.05) is 18.6 Å². The van der Waals surface area contributed by atoms with Crippen molar-refractivity contribution in [2.45, 2.75) is 38.8 Å². The Morgan fingerprint density at radius 3 is 2.48 bits per heavy atom. The number of hydrogen-bond acceptors (Lipinski definition) is 3. The summed E-state index contributed by atoms with van der Waals surface area (Å²) >= 11 is 0. The third-order valence-corrected chi connectivity index (χ3v) is 4.32. The molecule has 1 saturated heterocycles. The maximum atomic E-state index is 9.61. The van der Waals surface area contributed by atoms with Crippen LogP contribution in [0.25, 0.3) is 10.8 Å². The number of nitrogens with zero attached hydrogens (tertiary/aromatic N) is 1. The highest BCUT2D eigenvalue weighted by Gasteiger charge is 2.18. The van der Waals surface area contributed by atoms with E-state index in [0.29, 0.717) is 6.04 Å². The molecule has 21 heavy (non-hydrogen) atoms. The molecule has 2 N–H and O–H groups in total. The number of likely N-dealkylation sites (tertiary alicyclic amines) is 1. The molecule has 0 aromatic heterocycles. The maximum absolute atomic E-state index is 9.61. The van der Waals surface area contributed by atoms with E-state index in [9.17, 15) is 10.2 Å². The van der Waals surface area contributed by atoms with Gasteiger partial charge in [-0.2, -0.15) is 0 Å². The molecule has 1 fully saturated rings. The second-order valence-electron chi connectivity index (χ2n) is 5.84. The van der Waals surface area contributed by atoms with Crippen molar-refractivity contribution in [2.24, 2.45) is 0 Å². The first-order valence-corrected chi connectivity index (χ1v) is 7.32. The van der Waals surface area contributed by atoms with Crippen LogP contribution in [0.4, 0.5) is 0 Å². The zero-order chi connectivity index (χ0) is 14.1. The summed E-state index contributed by atoms with van der Waals surface area (Å²) in [6.45, 7) is 4.42. The van der Waals surface area contributed by atoms with Crippen molar-refractivity contribution >= 4 is 23.2 Å². The predicted octanol–water partition coefficient (Wildman–Crippen LogP) is 4.05. The van der Waals surface area contributed by atoms with Crippen molar-refractivity contribution in [2.75, 3.05) is 6.54 Å². The van der Waals surface area contributed by atoms with Crippen LogP contribution in [-0.4, -0.2) is 27.7 Å². The van der Waals surface area contributed by atoms with E-state index in [2.05, 4.69) is 24.0 Å². The van der Waals surface area contributed by atoms with E-state index >= 15 is 0 Å². The van der Waals surface area contributed by atoms with E-state index in [1.54, 1.807) is 12.1 Å². The Morgan fingerprint density at radius 2 is 1.76 bits per heavy atom. The molecule has 0 aliphatic carbocycles. The fourth-order valence-corrected chi connectivity index (χ4v) is 3.05. The smallest absolute Gasteiger partial charge is 0.158 e. The summed E-state index contributed by atoms with van der Waals surface area (Å²) in [6, 6.07) is 10.1. The van der Waals surface area contributed by atoms with Gasteiger partial charge in [0.25, 0.3) is 0 Å². The summed E-state index contributed by atoms with van der Waals surface area (Å²) in [7, 11) is 0. The number of halogens is 1. The van der Waals surface area contributed by atoms with Crippen LogP contribution in [0.3, 0.4) is 0 Å². The number of aromatic hydroxyl groups is 2. The fourth-order valence-electron chi connectivity index (χ4n) is 3.05. The predicted molar refractivity (Wildman–Crippen MR) is 88.2 cm³/mol. The van der Waals surface area contributed by atoms with Crippen molar-refractivity contribution in [1.82, 2.24) is 4.90 Å². The van der Waals surface area contributed by atoms with Crippen molar-refractivity contribution in [3.63, 3.8) is 0 Å². The van der Waals surface area contributed by atoms with Crippen molar-refractivity contribution in [1.29, 1.82) is 0 Å². The first kappa shape index (κ1) is 15.9. The highest BCUT2D eigenvalue weighted by molar-refractivity contribution is 5.86. The van der Waals surface area contributed by atoms with Gasteiger partial charge in [-0.05, 0) is 60.8 Å². The largest absolute Gasteiger partial charge is 0.504 e. The quantitative estimate of drug-likeness (QED) is 0.823. The van der Waals surface area contributed by atoms with Crippen LogP contribution in [0, 0.1) is 0 Å². The average molecular weight is 308 g/mol. The van der Waals surface area contributed by atoms with E-state index in [1.165, 1.54) is 31.4 Å². The topological polar surface area (TPSA) is 43.7 Å². The number of phenolic OH excluding ortho intramolecular Hbond substituents is 2. The molecule has 1 heterocycles. The van der Waals surface area contributed by atoms with E-state index in [-0.39, 0.29) is 23.9 Å². The highest BCUT2D eigenvalue weighted by Crippen LogP contribution is 2.31. The molecule has 4 heteroatoms. The molecule has 2 aromatic rings. The van der Waals surface area contributed by atoms with Crippen LogP contribution in [0.1, 0.15) is 31.7 Å². The lowest BCUT2D eigenvalue weighted by atomic mass is 10.0. The molecule has 1 unspecified atom stereocenters. The van der Waals surface area contributed by atoms with Gasteiger partial charge in [0.2, 0.25) is 0 Å². The Labute approximate surface area is 131 Å². The lowest BCUT2D eigenvalue weighted by Gasteiger charge is -2.33. The van der Waals surface area contributed by atoms with Gasteiger partial charge in [-0.25, -0.2) is 0 Å². The zero-order valence-electron chi connectivity index (χ0n) is 12.2. The van der Waals surface area contributed by atoms with Crippen molar-refractivity contribution < 1.29 is 10.2 Å². The number of rotatable bonds is 2. The van der Waals surface area contributed by atoms with Crippen LogP contribution in [0.2, 0.25) is 0 Å². The summed E-state index contributed by atoms with van der Waals surface area (Å²) in [5.41, 5.74) is 1.26. The average Bonchev–Trinajstić information content (AvgIpc) is 2.43. The zero-order valence-corrected chi connectivity index (χ0v) is 13.1. The molecule has 1 atom stereocenters. The van der Waals surface area contributed by atoms with E-state index in [4.69, 9.17) is 0 Å². The number of piperidine rings is 1. The summed E-state index contributed by atoms with van der Waals surface area (Å²) in [5.74, 6) is -0.115. The van der Waals surface area contributed by atoms with Gasteiger partial charge in [-0.3, -0.25) is 4.90 Å². The van der Waals surface area contributed by atoms with Crippen LogP contribution < -0.4 is 0 Å².